The molecule has 0 bridgehead atoms. The molecule has 2 rings (SSSR count). The zero-order valence-corrected chi connectivity index (χ0v) is 11.4. The third-order valence-corrected chi connectivity index (χ3v) is 3.00. The molecule has 2 N–H and O–H groups in total. The number of anilines is 1. The Morgan fingerprint density at radius 2 is 2.32 bits per heavy atom. The quantitative estimate of drug-likeness (QED) is 0.852. The van der Waals surface area contributed by atoms with Crippen LogP contribution in [-0.2, 0) is 13.1 Å². The molecule has 0 aliphatic carbocycles. The number of aromatic nitrogens is 2. The van der Waals surface area contributed by atoms with Gasteiger partial charge in [-0.15, -0.1) is 0 Å². The summed E-state index contributed by atoms with van der Waals surface area (Å²) in [6.45, 7) is 1.19. The van der Waals surface area contributed by atoms with E-state index in [4.69, 9.17) is 21.4 Å². The molecule has 0 aliphatic rings. The van der Waals surface area contributed by atoms with Crippen molar-refractivity contribution in [1.82, 2.24) is 9.78 Å². The Morgan fingerprint density at radius 3 is 3.05 bits per heavy atom. The molecule has 6 heteroatoms. The summed E-state index contributed by atoms with van der Waals surface area (Å²) in [4.78, 5) is 0. The molecule has 0 atom stereocenters. The van der Waals surface area contributed by atoms with Crippen LogP contribution >= 0.6 is 11.6 Å². The number of aliphatic hydroxyl groups is 1. The summed E-state index contributed by atoms with van der Waals surface area (Å²) in [5, 5.41) is 16.8. The maximum Gasteiger partial charge on any atom is 0.121 e. The molecule has 0 fully saturated rings. The van der Waals surface area contributed by atoms with Crippen LogP contribution in [-0.4, -0.2) is 28.6 Å². The highest BCUT2D eigenvalue weighted by Gasteiger charge is 2.03. The monoisotopic (exact) mass is 281 g/mol. The van der Waals surface area contributed by atoms with Crippen LogP contribution in [0.3, 0.4) is 0 Å². The fourth-order valence-electron chi connectivity index (χ4n) is 1.69. The molecule has 0 radical (unpaired) electrons. The topological polar surface area (TPSA) is 59.3 Å². The van der Waals surface area contributed by atoms with E-state index in [1.807, 2.05) is 18.3 Å². The number of nitrogens with zero attached hydrogens (tertiary/aromatic N) is 2. The normalized spacial score (nSPS) is 10.5. The Labute approximate surface area is 116 Å². The predicted molar refractivity (Wildman–Crippen MR) is 74.6 cm³/mol. The van der Waals surface area contributed by atoms with E-state index in [0.29, 0.717) is 18.1 Å². The Morgan fingerprint density at radius 1 is 1.47 bits per heavy atom. The fraction of sp³-hybridized carbons (Fsp3) is 0.308. The van der Waals surface area contributed by atoms with Gasteiger partial charge in [0.05, 0.1) is 37.2 Å². The van der Waals surface area contributed by atoms with Crippen LogP contribution in [0.15, 0.2) is 30.6 Å². The first-order valence-corrected chi connectivity index (χ1v) is 6.30. The number of nitrogens with one attached hydrogen (secondary N) is 1. The molecule has 0 saturated carbocycles. The average Bonchev–Trinajstić information content (AvgIpc) is 2.86. The number of aliphatic hydroxyl groups excluding tert-OH is 1. The Kier molecular flexibility index (Phi) is 4.65. The van der Waals surface area contributed by atoms with Crippen molar-refractivity contribution in [2.75, 3.05) is 19.0 Å². The summed E-state index contributed by atoms with van der Waals surface area (Å²) in [5.74, 6) is 0.753. The number of halogens is 1. The highest BCUT2D eigenvalue weighted by molar-refractivity contribution is 6.33. The summed E-state index contributed by atoms with van der Waals surface area (Å²) in [6, 6.07) is 5.45. The van der Waals surface area contributed by atoms with Gasteiger partial charge in [0, 0.05) is 24.4 Å². The molecule has 102 valence electrons. The van der Waals surface area contributed by atoms with Gasteiger partial charge in [-0.2, -0.15) is 5.10 Å². The largest absolute Gasteiger partial charge is 0.497 e. The van der Waals surface area contributed by atoms with Crippen molar-refractivity contribution < 1.29 is 9.84 Å². The van der Waals surface area contributed by atoms with E-state index >= 15 is 0 Å². The van der Waals surface area contributed by atoms with Gasteiger partial charge in [0.25, 0.3) is 0 Å². The van der Waals surface area contributed by atoms with Crippen LogP contribution in [0, 0.1) is 0 Å². The van der Waals surface area contributed by atoms with E-state index in [9.17, 15) is 0 Å². The van der Waals surface area contributed by atoms with Gasteiger partial charge < -0.3 is 15.2 Å². The van der Waals surface area contributed by atoms with Crippen LogP contribution in [0.1, 0.15) is 5.56 Å². The Hall–Kier alpha value is -1.72. The second kappa shape index (κ2) is 6.45. The zero-order valence-electron chi connectivity index (χ0n) is 10.6. The van der Waals surface area contributed by atoms with E-state index < -0.39 is 0 Å². The highest BCUT2D eigenvalue weighted by Crippen LogP contribution is 2.26. The zero-order chi connectivity index (χ0) is 13.7. The lowest BCUT2D eigenvalue weighted by Gasteiger charge is -2.09. The number of methoxy groups -OCH3 is 1. The lowest BCUT2D eigenvalue weighted by atomic mass is 10.2. The molecular formula is C13H16ClN3O2. The van der Waals surface area contributed by atoms with Gasteiger partial charge in [-0.25, -0.2) is 0 Å². The molecule has 0 spiro atoms. The van der Waals surface area contributed by atoms with Gasteiger partial charge >= 0.3 is 0 Å². The Balaban J connectivity index is 2.01. The van der Waals surface area contributed by atoms with Gasteiger partial charge in [0.2, 0.25) is 0 Å². The van der Waals surface area contributed by atoms with E-state index in [1.165, 1.54) is 0 Å². The SMILES string of the molecule is COc1ccc(Cl)c(NCc2cnn(CCO)c2)c1. The molecule has 0 amide bonds. The second-order valence-electron chi connectivity index (χ2n) is 4.03. The van der Waals surface area contributed by atoms with E-state index in [0.717, 1.165) is 17.0 Å². The minimum absolute atomic E-state index is 0.0796. The fourth-order valence-corrected chi connectivity index (χ4v) is 1.87. The molecular weight excluding hydrogens is 266 g/mol. The lowest BCUT2D eigenvalue weighted by molar-refractivity contribution is 0.269. The van der Waals surface area contributed by atoms with Crippen molar-refractivity contribution in [2.45, 2.75) is 13.1 Å². The predicted octanol–water partition coefficient (Wildman–Crippen LogP) is 2.15. The van der Waals surface area contributed by atoms with Crippen molar-refractivity contribution in [3.8, 4) is 5.75 Å². The van der Waals surface area contributed by atoms with Crippen molar-refractivity contribution in [2.24, 2.45) is 0 Å². The summed E-state index contributed by atoms with van der Waals surface area (Å²) >= 11 is 6.10. The van der Waals surface area contributed by atoms with Gasteiger partial charge in [0.1, 0.15) is 5.75 Å². The van der Waals surface area contributed by atoms with Crippen LogP contribution in [0.25, 0.3) is 0 Å². The maximum atomic E-state index is 8.82. The standard InChI is InChI=1S/C13H16ClN3O2/c1-19-11-2-3-12(14)13(6-11)15-7-10-8-16-17(9-10)4-5-18/h2-3,6,8-9,15,18H,4-5,7H2,1H3. The highest BCUT2D eigenvalue weighted by atomic mass is 35.5. The van der Waals surface area contributed by atoms with Crippen LogP contribution in [0.4, 0.5) is 5.69 Å². The van der Waals surface area contributed by atoms with Crippen LogP contribution in [0.2, 0.25) is 5.02 Å². The third kappa shape index (κ3) is 3.62. The van der Waals surface area contributed by atoms with Crippen molar-refractivity contribution >= 4 is 17.3 Å². The number of hydrogen-bond donors (Lipinski definition) is 2. The molecule has 2 aromatic rings. The second-order valence-corrected chi connectivity index (χ2v) is 4.44. The Bertz CT molecular complexity index is 542. The van der Waals surface area contributed by atoms with Crippen molar-refractivity contribution in [3.05, 3.63) is 41.2 Å². The van der Waals surface area contributed by atoms with Crippen LogP contribution < -0.4 is 10.1 Å². The molecule has 0 unspecified atom stereocenters. The first kappa shape index (κ1) is 13.7. The minimum atomic E-state index is 0.0796. The number of benzene rings is 1. The number of ether oxygens (including phenoxy) is 1. The van der Waals surface area contributed by atoms with Gasteiger partial charge in [0.15, 0.2) is 0 Å². The van der Waals surface area contributed by atoms with E-state index in [1.54, 1.807) is 24.1 Å². The van der Waals surface area contributed by atoms with E-state index in [-0.39, 0.29) is 6.61 Å². The molecule has 1 aromatic heterocycles. The number of hydrogen-bond acceptors (Lipinski definition) is 4. The van der Waals surface area contributed by atoms with Gasteiger partial charge in [-0.05, 0) is 12.1 Å². The lowest BCUT2D eigenvalue weighted by Crippen LogP contribution is -2.02. The summed E-state index contributed by atoms with van der Waals surface area (Å²) in [7, 11) is 1.62. The minimum Gasteiger partial charge on any atom is -0.497 e. The first-order valence-electron chi connectivity index (χ1n) is 5.92. The molecule has 1 heterocycles. The molecule has 5 nitrogen and oxygen atoms in total. The van der Waals surface area contributed by atoms with E-state index in [2.05, 4.69) is 10.4 Å². The van der Waals surface area contributed by atoms with Gasteiger partial charge in [-0.1, -0.05) is 11.6 Å². The molecule has 19 heavy (non-hydrogen) atoms. The average molecular weight is 282 g/mol. The summed E-state index contributed by atoms with van der Waals surface area (Å²) in [6.07, 6.45) is 3.65. The van der Waals surface area contributed by atoms with Gasteiger partial charge in [-0.3, -0.25) is 4.68 Å². The number of rotatable bonds is 6. The summed E-state index contributed by atoms with van der Waals surface area (Å²) in [5.41, 5.74) is 1.84. The third-order valence-electron chi connectivity index (χ3n) is 2.67. The van der Waals surface area contributed by atoms with Crippen LogP contribution in [0.5, 0.6) is 5.75 Å². The van der Waals surface area contributed by atoms with Crippen molar-refractivity contribution in [3.63, 3.8) is 0 Å². The summed E-state index contributed by atoms with van der Waals surface area (Å²) < 4.78 is 6.85. The molecule has 0 aliphatic heterocycles. The molecule has 0 saturated heterocycles. The molecule has 1 aromatic carbocycles. The van der Waals surface area contributed by atoms with Crippen molar-refractivity contribution in [1.29, 1.82) is 0 Å². The maximum absolute atomic E-state index is 8.82. The smallest absolute Gasteiger partial charge is 0.121 e. The first-order chi connectivity index (χ1) is 9.22.